The summed E-state index contributed by atoms with van der Waals surface area (Å²) >= 11 is 7.88. The van der Waals surface area contributed by atoms with Crippen molar-refractivity contribution in [3.63, 3.8) is 0 Å². The molecule has 0 bridgehead atoms. The first kappa shape index (κ1) is 15.8. The lowest BCUT2D eigenvalue weighted by molar-refractivity contribution is 0.193. The molecule has 0 spiro atoms. The average Bonchev–Trinajstić information content (AvgIpc) is 3.29. The molecule has 1 aliphatic heterocycles. The summed E-state index contributed by atoms with van der Waals surface area (Å²) in [4.78, 5) is 3.47. The van der Waals surface area contributed by atoms with Gasteiger partial charge in [-0.25, -0.2) is 0 Å². The quantitative estimate of drug-likeness (QED) is 0.669. The van der Waals surface area contributed by atoms with Crippen LogP contribution in [0, 0.1) is 0 Å². The second-order valence-corrected chi connectivity index (χ2v) is 7.42. The number of thiophene rings is 1. The summed E-state index contributed by atoms with van der Waals surface area (Å²) in [5.74, 6) is 1.77. The topological polar surface area (TPSA) is 42.2 Å². The Labute approximate surface area is 150 Å². The molecule has 1 fully saturated rings. The molecule has 1 aliphatic rings. The van der Waals surface area contributed by atoms with E-state index in [4.69, 9.17) is 16.0 Å². The fourth-order valence-electron chi connectivity index (χ4n) is 3.10. The molecule has 24 heavy (non-hydrogen) atoms. The van der Waals surface area contributed by atoms with Gasteiger partial charge in [0.25, 0.3) is 5.89 Å². The Balaban J connectivity index is 1.37. The molecule has 3 heterocycles. The highest BCUT2D eigenvalue weighted by molar-refractivity contribution is 7.13. The van der Waals surface area contributed by atoms with Gasteiger partial charge in [0.2, 0.25) is 5.89 Å². The van der Waals surface area contributed by atoms with Crippen molar-refractivity contribution >= 4 is 22.9 Å². The molecule has 1 saturated heterocycles. The van der Waals surface area contributed by atoms with Gasteiger partial charge in [0.1, 0.15) is 0 Å². The van der Waals surface area contributed by atoms with E-state index in [0.717, 1.165) is 48.3 Å². The van der Waals surface area contributed by atoms with E-state index in [-0.39, 0.29) is 0 Å². The SMILES string of the molecule is Clc1ccccc1CN1CCC(c2nnc(-c3cccs3)o2)CC1. The molecule has 0 radical (unpaired) electrons. The summed E-state index contributed by atoms with van der Waals surface area (Å²) < 4.78 is 5.89. The number of aromatic nitrogens is 2. The summed E-state index contributed by atoms with van der Waals surface area (Å²) in [5, 5.41) is 11.3. The zero-order chi connectivity index (χ0) is 16.4. The highest BCUT2D eigenvalue weighted by atomic mass is 35.5. The van der Waals surface area contributed by atoms with E-state index in [1.807, 2.05) is 35.7 Å². The van der Waals surface area contributed by atoms with Gasteiger partial charge in [-0.3, -0.25) is 4.90 Å². The first-order valence-corrected chi connectivity index (χ1v) is 9.38. The standard InChI is InChI=1S/C18H18ClN3OS/c19-15-5-2-1-4-14(15)12-22-9-7-13(8-10-22)17-20-21-18(23-17)16-6-3-11-24-16/h1-6,11,13H,7-10,12H2. The average molecular weight is 360 g/mol. The third-order valence-electron chi connectivity index (χ3n) is 4.46. The highest BCUT2D eigenvalue weighted by Crippen LogP contribution is 2.31. The largest absolute Gasteiger partial charge is 0.420 e. The lowest BCUT2D eigenvalue weighted by atomic mass is 9.96. The molecule has 0 N–H and O–H groups in total. The van der Waals surface area contributed by atoms with E-state index in [1.54, 1.807) is 11.3 Å². The predicted molar refractivity (Wildman–Crippen MR) is 96.3 cm³/mol. The smallest absolute Gasteiger partial charge is 0.257 e. The minimum Gasteiger partial charge on any atom is -0.420 e. The van der Waals surface area contributed by atoms with Gasteiger partial charge in [0.15, 0.2) is 0 Å². The molecule has 2 aromatic heterocycles. The molecule has 124 valence electrons. The van der Waals surface area contributed by atoms with Gasteiger partial charge in [0.05, 0.1) is 4.88 Å². The first-order chi connectivity index (χ1) is 11.8. The van der Waals surface area contributed by atoms with Gasteiger partial charge < -0.3 is 4.42 Å². The Hall–Kier alpha value is -1.69. The predicted octanol–water partition coefficient (Wildman–Crippen LogP) is 4.83. The normalized spacial score (nSPS) is 16.5. The molecular formula is C18H18ClN3OS. The van der Waals surface area contributed by atoms with Crippen LogP contribution in [0.5, 0.6) is 0 Å². The first-order valence-electron chi connectivity index (χ1n) is 8.12. The summed E-state index contributed by atoms with van der Waals surface area (Å²) in [6.07, 6.45) is 2.08. The number of likely N-dealkylation sites (tertiary alicyclic amines) is 1. The molecule has 4 rings (SSSR count). The van der Waals surface area contributed by atoms with Gasteiger partial charge in [-0.05, 0) is 49.0 Å². The minimum absolute atomic E-state index is 0.355. The van der Waals surface area contributed by atoms with Gasteiger partial charge in [0, 0.05) is 17.5 Å². The Bertz CT molecular complexity index is 794. The van der Waals surface area contributed by atoms with Crippen LogP contribution in [0.2, 0.25) is 5.02 Å². The number of nitrogens with zero attached hydrogens (tertiary/aromatic N) is 3. The third-order valence-corrected chi connectivity index (χ3v) is 5.69. The molecule has 3 aromatic rings. The van der Waals surface area contributed by atoms with E-state index in [0.29, 0.717) is 11.8 Å². The van der Waals surface area contributed by atoms with Crippen molar-refractivity contribution in [2.75, 3.05) is 13.1 Å². The van der Waals surface area contributed by atoms with Gasteiger partial charge >= 0.3 is 0 Å². The Morgan fingerprint density at radius 2 is 1.96 bits per heavy atom. The van der Waals surface area contributed by atoms with Crippen LogP contribution in [0.4, 0.5) is 0 Å². The second-order valence-electron chi connectivity index (χ2n) is 6.06. The fourth-order valence-corrected chi connectivity index (χ4v) is 3.94. The van der Waals surface area contributed by atoms with Crippen LogP contribution in [-0.4, -0.2) is 28.2 Å². The van der Waals surface area contributed by atoms with Crippen molar-refractivity contribution in [2.24, 2.45) is 0 Å². The summed E-state index contributed by atoms with van der Waals surface area (Å²) in [6.45, 7) is 2.94. The summed E-state index contributed by atoms with van der Waals surface area (Å²) in [5.41, 5.74) is 1.19. The molecule has 0 saturated carbocycles. The fraction of sp³-hybridized carbons (Fsp3) is 0.333. The molecular weight excluding hydrogens is 342 g/mol. The van der Waals surface area contributed by atoms with E-state index in [1.165, 1.54) is 5.56 Å². The maximum atomic E-state index is 6.26. The zero-order valence-electron chi connectivity index (χ0n) is 13.2. The molecule has 0 aliphatic carbocycles. The minimum atomic E-state index is 0.355. The molecule has 0 amide bonds. The molecule has 1 aromatic carbocycles. The van der Waals surface area contributed by atoms with E-state index in [9.17, 15) is 0 Å². The van der Waals surface area contributed by atoms with Crippen molar-refractivity contribution in [1.29, 1.82) is 0 Å². The van der Waals surface area contributed by atoms with Crippen LogP contribution in [-0.2, 0) is 6.54 Å². The van der Waals surface area contributed by atoms with Crippen molar-refractivity contribution in [3.8, 4) is 10.8 Å². The van der Waals surface area contributed by atoms with E-state index < -0.39 is 0 Å². The number of rotatable bonds is 4. The summed E-state index contributed by atoms with van der Waals surface area (Å²) in [6, 6.07) is 12.1. The number of hydrogen-bond donors (Lipinski definition) is 0. The van der Waals surface area contributed by atoms with E-state index >= 15 is 0 Å². The zero-order valence-corrected chi connectivity index (χ0v) is 14.8. The number of hydrogen-bond acceptors (Lipinski definition) is 5. The Morgan fingerprint density at radius 1 is 1.12 bits per heavy atom. The maximum absolute atomic E-state index is 6.26. The number of benzene rings is 1. The van der Waals surface area contributed by atoms with Crippen molar-refractivity contribution in [1.82, 2.24) is 15.1 Å². The molecule has 4 nitrogen and oxygen atoms in total. The van der Waals surface area contributed by atoms with Crippen LogP contribution in [0.3, 0.4) is 0 Å². The van der Waals surface area contributed by atoms with Crippen LogP contribution < -0.4 is 0 Å². The van der Waals surface area contributed by atoms with Crippen LogP contribution in [0.25, 0.3) is 10.8 Å². The monoisotopic (exact) mass is 359 g/mol. The van der Waals surface area contributed by atoms with Crippen molar-refractivity contribution < 1.29 is 4.42 Å². The number of piperidine rings is 1. The van der Waals surface area contributed by atoms with Crippen molar-refractivity contribution in [3.05, 3.63) is 58.3 Å². The Kier molecular flexibility index (Phi) is 4.65. The van der Waals surface area contributed by atoms with Crippen LogP contribution in [0.15, 0.2) is 46.2 Å². The second kappa shape index (κ2) is 7.05. The van der Waals surface area contributed by atoms with Gasteiger partial charge in [-0.2, -0.15) is 0 Å². The van der Waals surface area contributed by atoms with Crippen molar-refractivity contribution in [2.45, 2.75) is 25.3 Å². The van der Waals surface area contributed by atoms with Crippen LogP contribution in [0.1, 0.15) is 30.2 Å². The van der Waals surface area contributed by atoms with Crippen LogP contribution >= 0.6 is 22.9 Å². The van der Waals surface area contributed by atoms with Gasteiger partial charge in [-0.15, -0.1) is 21.5 Å². The molecule has 0 atom stereocenters. The third kappa shape index (κ3) is 3.38. The lowest BCUT2D eigenvalue weighted by Crippen LogP contribution is -2.32. The Morgan fingerprint density at radius 3 is 2.71 bits per heavy atom. The number of halogens is 1. The molecule has 0 unspecified atom stereocenters. The lowest BCUT2D eigenvalue weighted by Gasteiger charge is -2.30. The highest BCUT2D eigenvalue weighted by Gasteiger charge is 2.25. The van der Waals surface area contributed by atoms with E-state index in [2.05, 4.69) is 21.2 Å². The summed E-state index contributed by atoms with van der Waals surface area (Å²) in [7, 11) is 0. The maximum Gasteiger partial charge on any atom is 0.257 e. The van der Waals surface area contributed by atoms with Gasteiger partial charge in [-0.1, -0.05) is 35.9 Å². The molecule has 6 heteroatoms.